The topological polar surface area (TPSA) is 0 Å². The number of hydrogen-bond acceptors (Lipinski definition) is 0. The van der Waals surface area contributed by atoms with Crippen LogP contribution in [-0.2, 0) is 0 Å². The highest BCUT2D eigenvalue weighted by Crippen LogP contribution is 2.22. The van der Waals surface area contributed by atoms with E-state index in [4.69, 9.17) is 58.0 Å². The van der Waals surface area contributed by atoms with Crippen molar-refractivity contribution in [3.8, 4) is 0 Å². The Morgan fingerprint density at radius 1 is 0.481 bits per heavy atom. The molecule has 3 aromatic rings. The summed E-state index contributed by atoms with van der Waals surface area (Å²) in [4.78, 5) is 0. The van der Waals surface area contributed by atoms with Crippen molar-refractivity contribution in [2.24, 2.45) is 0 Å². The third-order valence-electron chi connectivity index (χ3n) is 3.72. The normalized spacial score (nSPS) is 9.67. The van der Waals surface area contributed by atoms with Gasteiger partial charge in [0.2, 0.25) is 0 Å². The number of halogens is 5. The summed E-state index contributed by atoms with van der Waals surface area (Å²) >= 11 is 28.7. The Labute approximate surface area is 187 Å². The molecular formula is C22H21Cl5. The molecule has 0 saturated heterocycles. The lowest BCUT2D eigenvalue weighted by Gasteiger charge is -1.96. The van der Waals surface area contributed by atoms with E-state index in [1.807, 2.05) is 69.3 Å². The first-order valence-corrected chi connectivity index (χ1v) is 10.1. The number of aryl methyl sites for hydroxylation is 2. The van der Waals surface area contributed by atoms with Gasteiger partial charge in [-0.05, 0) is 74.7 Å². The maximum absolute atomic E-state index is 5.78. The van der Waals surface area contributed by atoms with Crippen LogP contribution in [0.5, 0.6) is 0 Å². The molecule has 3 rings (SSSR count). The van der Waals surface area contributed by atoms with Crippen molar-refractivity contribution in [2.75, 3.05) is 0 Å². The van der Waals surface area contributed by atoms with Gasteiger partial charge in [0.15, 0.2) is 0 Å². The Morgan fingerprint density at radius 2 is 0.852 bits per heavy atom. The molecule has 144 valence electrons. The van der Waals surface area contributed by atoms with Crippen LogP contribution in [0.25, 0.3) is 0 Å². The zero-order chi connectivity index (χ0) is 20.6. The van der Waals surface area contributed by atoms with Crippen molar-refractivity contribution >= 4 is 58.0 Å². The van der Waals surface area contributed by atoms with Crippen molar-refractivity contribution in [1.82, 2.24) is 0 Å². The second kappa shape index (κ2) is 11.8. The second-order valence-electron chi connectivity index (χ2n) is 5.95. The van der Waals surface area contributed by atoms with Crippen molar-refractivity contribution in [1.29, 1.82) is 0 Å². The van der Waals surface area contributed by atoms with Crippen LogP contribution < -0.4 is 0 Å². The number of rotatable bonds is 0. The third-order valence-corrected chi connectivity index (χ3v) is 5.78. The first-order chi connectivity index (χ1) is 12.6. The summed E-state index contributed by atoms with van der Waals surface area (Å²) in [6.07, 6.45) is 0. The summed E-state index contributed by atoms with van der Waals surface area (Å²) in [5.74, 6) is 0. The van der Waals surface area contributed by atoms with Crippen LogP contribution in [0, 0.1) is 27.7 Å². The fraction of sp³-hybridized carbons (Fsp3) is 0.182. The maximum Gasteiger partial charge on any atom is 0.0450 e. The highest BCUT2D eigenvalue weighted by atomic mass is 35.5. The molecule has 0 aliphatic heterocycles. The summed E-state index contributed by atoms with van der Waals surface area (Å²) in [6.45, 7) is 7.86. The predicted octanol–water partition coefficient (Wildman–Crippen LogP) is 9.56. The summed E-state index contributed by atoms with van der Waals surface area (Å²) in [5.41, 5.74) is 4.30. The van der Waals surface area contributed by atoms with Crippen molar-refractivity contribution in [2.45, 2.75) is 27.7 Å². The van der Waals surface area contributed by atoms with E-state index in [0.717, 1.165) is 41.8 Å². The standard InChI is InChI=1S/C8H9Cl.2C7H6Cl2/c1-6-3-4-8(9)7(2)5-6;2*1-5-6(8)3-2-4-7(5)9/h3-5H,1-2H3;2*2-4H,1H3. The van der Waals surface area contributed by atoms with E-state index in [1.165, 1.54) is 5.56 Å². The Hall–Kier alpha value is -0.890. The van der Waals surface area contributed by atoms with Gasteiger partial charge in [0.1, 0.15) is 0 Å². The molecule has 5 heteroatoms. The van der Waals surface area contributed by atoms with Crippen LogP contribution in [0.1, 0.15) is 22.3 Å². The monoisotopic (exact) mass is 460 g/mol. The van der Waals surface area contributed by atoms with E-state index in [2.05, 4.69) is 13.0 Å². The minimum absolute atomic E-state index is 0.725. The van der Waals surface area contributed by atoms with Crippen LogP contribution >= 0.6 is 58.0 Å². The van der Waals surface area contributed by atoms with Gasteiger partial charge in [0.05, 0.1) is 0 Å². The Bertz CT molecular complexity index is 798. The van der Waals surface area contributed by atoms with Crippen LogP contribution in [-0.4, -0.2) is 0 Å². The van der Waals surface area contributed by atoms with E-state index in [1.54, 1.807) is 0 Å². The van der Waals surface area contributed by atoms with Gasteiger partial charge in [0.25, 0.3) is 0 Å². The lowest BCUT2D eigenvalue weighted by molar-refractivity contribution is 1.39. The summed E-state index contributed by atoms with van der Waals surface area (Å²) in [7, 11) is 0. The first kappa shape index (κ1) is 24.1. The summed E-state index contributed by atoms with van der Waals surface area (Å²) in [6, 6.07) is 17.0. The van der Waals surface area contributed by atoms with Crippen LogP contribution in [0.4, 0.5) is 0 Å². The maximum atomic E-state index is 5.78. The number of hydrogen-bond donors (Lipinski definition) is 0. The van der Waals surface area contributed by atoms with Gasteiger partial charge in [-0.1, -0.05) is 87.8 Å². The van der Waals surface area contributed by atoms with Crippen molar-refractivity contribution in [3.63, 3.8) is 0 Å². The van der Waals surface area contributed by atoms with Crippen molar-refractivity contribution in [3.05, 3.63) is 102 Å². The lowest BCUT2D eigenvalue weighted by Crippen LogP contribution is -1.75. The molecule has 0 nitrogen and oxygen atoms in total. The summed E-state index contributed by atoms with van der Waals surface area (Å²) < 4.78 is 0. The minimum atomic E-state index is 0.725. The molecule has 0 fully saturated rings. The second-order valence-corrected chi connectivity index (χ2v) is 7.98. The van der Waals surface area contributed by atoms with Crippen LogP contribution in [0.2, 0.25) is 25.1 Å². The van der Waals surface area contributed by atoms with Crippen LogP contribution in [0.3, 0.4) is 0 Å². The van der Waals surface area contributed by atoms with Gasteiger partial charge in [-0.3, -0.25) is 0 Å². The van der Waals surface area contributed by atoms with Gasteiger partial charge >= 0.3 is 0 Å². The molecular weight excluding hydrogens is 442 g/mol. The third kappa shape index (κ3) is 8.34. The molecule has 0 atom stereocenters. The number of benzene rings is 3. The van der Waals surface area contributed by atoms with E-state index in [9.17, 15) is 0 Å². The molecule has 0 aliphatic rings. The molecule has 27 heavy (non-hydrogen) atoms. The highest BCUT2D eigenvalue weighted by Gasteiger charge is 1.97. The van der Waals surface area contributed by atoms with Crippen LogP contribution in [0.15, 0.2) is 54.6 Å². The lowest BCUT2D eigenvalue weighted by atomic mass is 10.2. The van der Waals surface area contributed by atoms with Gasteiger partial charge < -0.3 is 0 Å². The molecule has 0 radical (unpaired) electrons. The molecule has 3 aromatic carbocycles. The van der Waals surface area contributed by atoms with Gasteiger partial charge in [-0.25, -0.2) is 0 Å². The van der Waals surface area contributed by atoms with E-state index in [-0.39, 0.29) is 0 Å². The molecule has 0 N–H and O–H groups in total. The minimum Gasteiger partial charge on any atom is -0.0841 e. The van der Waals surface area contributed by atoms with Crippen molar-refractivity contribution < 1.29 is 0 Å². The van der Waals surface area contributed by atoms with E-state index in [0.29, 0.717) is 0 Å². The average Bonchev–Trinajstić information content (AvgIpc) is 2.62. The van der Waals surface area contributed by atoms with Gasteiger partial charge in [-0.2, -0.15) is 0 Å². The Balaban J connectivity index is 0.000000202. The molecule has 0 aliphatic carbocycles. The quantitative estimate of drug-likeness (QED) is 0.312. The Kier molecular flexibility index (Phi) is 10.6. The molecule has 0 heterocycles. The zero-order valence-corrected chi connectivity index (χ0v) is 19.4. The fourth-order valence-corrected chi connectivity index (χ4v) is 2.87. The van der Waals surface area contributed by atoms with E-state index < -0.39 is 0 Å². The first-order valence-electron chi connectivity index (χ1n) is 8.17. The fourth-order valence-electron chi connectivity index (χ4n) is 1.96. The smallest absolute Gasteiger partial charge is 0.0450 e. The molecule has 0 aromatic heterocycles. The molecule has 0 saturated carbocycles. The molecule has 0 amide bonds. The largest absolute Gasteiger partial charge is 0.0841 e. The zero-order valence-electron chi connectivity index (χ0n) is 15.6. The SMILES string of the molecule is Cc1c(Cl)cccc1Cl.Cc1c(Cl)cccc1Cl.Cc1ccc(Cl)c(C)c1. The molecule has 0 spiro atoms. The molecule has 0 bridgehead atoms. The highest BCUT2D eigenvalue weighted by molar-refractivity contribution is 6.36. The molecule has 0 unspecified atom stereocenters. The van der Waals surface area contributed by atoms with Gasteiger partial charge in [-0.15, -0.1) is 0 Å². The van der Waals surface area contributed by atoms with Gasteiger partial charge in [0, 0.05) is 25.1 Å². The van der Waals surface area contributed by atoms with E-state index >= 15 is 0 Å². The Morgan fingerprint density at radius 3 is 1.11 bits per heavy atom. The predicted molar refractivity (Wildman–Crippen MR) is 123 cm³/mol. The average molecular weight is 463 g/mol. The summed E-state index contributed by atoms with van der Waals surface area (Å²) in [5, 5.41) is 3.75.